The number of nitrogens with one attached hydrogen (secondary N) is 1. The Morgan fingerprint density at radius 2 is 1.73 bits per heavy atom. The molecule has 1 aliphatic carbocycles. The molecule has 2 atom stereocenters. The molecule has 1 amide bonds. The number of carbonyl (C=O) groups excluding carboxylic acids is 2. The highest BCUT2D eigenvalue weighted by atomic mass is 35.5. The molecule has 2 aromatic carbocycles. The first-order valence-electron chi connectivity index (χ1n) is 8.58. The molecule has 0 bridgehead atoms. The van der Waals surface area contributed by atoms with E-state index >= 15 is 0 Å². The lowest BCUT2D eigenvalue weighted by Crippen LogP contribution is -2.38. The first-order chi connectivity index (χ1) is 12.5. The van der Waals surface area contributed by atoms with Gasteiger partial charge >= 0.3 is 0 Å². The molecule has 2 aromatic rings. The van der Waals surface area contributed by atoms with Crippen molar-refractivity contribution in [3.8, 4) is 0 Å². The molecule has 26 heavy (non-hydrogen) atoms. The summed E-state index contributed by atoms with van der Waals surface area (Å²) in [6.45, 7) is 0. The van der Waals surface area contributed by atoms with Crippen LogP contribution in [0.25, 0.3) is 0 Å². The normalized spacial score (nSPS) is 22.8. The van der Waals surface area contributed by atoms with Gasteiger partial charge in [-0.25, -0.2) is 4.39 Å². The van der Waals surface area contributed by atoms with Crippen LogP contribution in [0.4, 0.5) is 4.39 Å². The zero-order valence-corrected chi connectivity index (χ0v) is 14.7. The standard InChI is InChI=1S/C21H17ClFNO2/c22-15-3-1-2-13(8-15)17-11-20(26)24-18-9-14(10-19(25)21(17)18)12-4-6-16(23)7-5-12/h1-8,14,17H,9-11H2,(H,24,26)/t14-,17+/m1/s1. The number of ketones is 1. The first kappa shape index (κ1) is 17.0. The Labute approximate surface area is 155 Å². The van der Waals surface area contributed by atoms with Gasteiger partial charge in [-0.3, -0.25) is 9.59 Å². The Morgan fingerprint density at radius 1 is 0.962 bits per heavy atom. The van der Waals surface area contributed by atoms with Crippen molar-refractivity contribution in [2.24, 2.45) is 0 Å². The maximum absolute atomic E-state index is 13.2. The van der Waals surface area contributed by atoms with Crippen LogP contribution in [0.1, 0.15) is 42.2 Å². The molecule has 0 aromatic heterocycles. The van der Waals surface area contributed by atoms with E-state index in [-0.39, 0.29) is 35.8 Å². The van der Waals surface area contributed by atoms with Crippen molar-refractivity contribution >= 4 is 23.3 Å². The number of Topliss-reactive ketones (excluding diaryl/α,β-unsaturated/α-hetero) is 1. The smallest absolute Gasteiger partial charge is 0.225 e. The van der Waals surface area contributed by atoms with Gasteiger partial charge in [0.25, 0.3) is 0 Å². The summed E-state index contributed by atoms with van der Waals surface area (Å²) in [6, 6.07) is 13.5. The molecule has 3 nitrogen and oxygen atoms in total. The monoisotopic (exact) mass is 369 g/mol. The summed E-state index contributed by atoms with van der Waals surface area (Å²) in [7, 11) is 0. The molecule has 0 saturated carbocycles. The van der Waals surface area contributed by atoms with E-state index in [4.69, 9.17) is 11.6 Å². The molecule has 0 spiro atoms. The minimum Gasteiger partial charge on any atom is -0.329 e. The van der Waals surface area contributed by atoms with Gasteiger partial charge in [-0.2, -0.15) is 0 Å². The van der Waals surface area contributed by atoms with Crippen LogP contribution in [0.5, 0.6) is 0 Å². The number of carbonyl (C=O) groups is 2. The summed E-state index contributed by atoms with van der Waals surface area (Å²) < 4.78 is 13.2. The van der Waals surface area contributed by atoms with Gasteiger partial charge in [0.05, 0.1) is 0 Å². The predicted molar refractivity (Wildman–Crippen MR) is 97.4 cm³/mol. The molecule has 0 fully saturated rings. The van der Waals surface area contributed by atoms with Crippen LogP contribution in [0.2, 0.25) is 5.02 Å². The van der Waals surface area contributed by atoms with Gasteiger partial charge in [0, 0.05) is 35.1 Å². The van der Waals surface area contributed by atoms with Crippen LogP contribution in [0.3, 0.4) is 0 Å². The van der Waals surface area contributed by atoms with Gasteiger partial charge in [0.2, 0.25) is 5.91 Å². The molecular formula is C21H17ClFNO2. The molecule has 2 aliphatic rings. The maximum atomic E-state index is 13.2. The van der Waals surface area contributed by atoms with E-state index in [9.17, 15) is 14.0 Å². The van der Waals surface area contributed by atoms with Crippen molar-refractivity contribution in [2.75, 3.05) is 0 Å². The maximum Gasteiger partial charge on any atom is 0.225 e. The number of allylic oxidation sites excluding steroid dienone is 2. The Hall–Kier alpha value is -2.46. The van der Waals surface area contributed by atoms with E-state index in [1.807, 2.05) is 18.2 Å². The average molecular weight is 370 g/mol. The summed E-state index contributed by atoms with van der Waals surface area (Å²) in [5.74, 6) is -0.686. The number of halogens is 2. The molecule has 0 radical (unpaired) electrons. The van der Waals surface area contributed by atoms with Crippen molar-refractivity contribution in [1.82, 2.24) is 5.32 Å². The number of hydrogen-bond acceptors (Lipinski definition) is 2. The van der Waals surface area contributed by atoms with E-state index in [0.717, 1.165) is 11.1 Å². The van der Waals surface area contributed by atoms with Crippen LogP contribution in [-0.2, 0) is 9.59 Å². The van der Waals surface area contributed by atoms with Crippen molar-refractivity contribution in [3.63, 3.8) is 0 Å². The molecule has 0 saturated heterocycles. The average Bonchev–Trinajstić information content (AvgIpc) is 2.61. The van der Waals surface area contributed by atoms with Gasteiger partial charge in [-0.1, -0.05) is 35.9 Å². The minimum atomic E-state index is -0.303. The molecular weight excluding hydrogens is 353 g/mol. The lowest BCUT2D eigenvalue weighted by atomic mass is 9.73. The quantitative estimate of drug-likeness (QED) is 0.848. The van der Waals surface area contributed by atoms with Gasteiger partial charge in [-0.05, 0) is 47.7 Å². The molecule has 5 heteroatoms. The summed E-state index contributed by atoms with van der Waals surface area (Å²) >= 11 is 6.10. The molecule has 0 unspecified atom stereocenters. The summed E-state index contributed by atoms with van der Waals surface area (Å²) in [4.78, 5) is 25.2. The predicted octanol–water partition coefficient (Wildman–Crippen LogP) is 4.48. The topological polar surface area (TPSA) is 46.2 Å². The van der Waals surface area contributed by atoms with E-state index < -0.39 is 0 Å². The molecule has 1 aliphatic heterocycles. The second kappa shape index (κ2) is 6.69. The van der Waals surface area contributed by atoms with Crippen LogP contribution < -0.4 is 5.32 Å². The Balaban J connectivity index is 1.71. The van der Waals surface area contributed by atoms with Crippen molar-refractivity contribution in [3.05, 3.63) is 81.8 Å². The third-order valence-electron chi connectivity index (χ3n) is 5.13. The van der Waals surface area contributed by atoms with Gasteiger partial charge in [0.1, 0.15) is 5.82 Å². The SMILES string of the molecule is O=C1C[C@@H](c2cccc(Cl)c2)C2=C(C[C@@H](c3ccc(F)cc3)CC2=O)N1. The van der Waals surface area contributed by atoms with Crippen molar-refractivity contribution in [1.29, 1.82) is 0 Å². The fraction of sp³-hybridized carbons (Fsp3) is 0.238. The Morgan fingerprint density at radius 3 is 2.46 bits per heavy atom. The van der Waals surface area contributed by atoms with Crippen molar-refractivity contribution < 1.29 is 14.0 Å². The highest BCUT2D eigenvalue weighted by Gasteiger charge is 2.38. The fourth-order valence-electron chi connectivity index (χ4n) is 3.94. The fourth-order valence-corrected chi connectivity index (χ4v) is 4.14. The van der Waals surface area contributed by atoms with E-state index in [1.165, 1.54) is 12.1 Å². The van der Waals surface area contributed by atoms with Crippen molar-refractivity contribution in [2.45, 2.75) is 31.1 Å². The molecule has 132 valence electrons. The molecule has 1 N–H and O–H groups in total. The largest absolute Gasteiger partial charge is 0.329 e. The zero-order chi connectivity index (χ0) is 18.3. The minimum absolute atomic E-state index is 0.0329. The Bertz CT molecular complexity index is 920. The molecule has 1 heterocycles. The van der Waals surface area contributed by atoms with E-state index in [0.29, 0.717) is 29.1 Å². The highest BCUT2D eigenvalue weighted by molar-refractivity contribution is 6.30. The number of amides is 1. The van der Waals surface area contributed by atoms with E-state index in [2.05, 4.69) is 5.32 Å². The third-order valence-corrected chi connectivity index (χ3v) is 5.36. The summed E-state index contributed by atoms with van der Waals surface area (Å²) in [5, 5.41) is 3.47. The lowest BCUT2D eigenvalue weighted by molar-refractivity contribution is -0.122. The van der Waals surface area contributed by atoms with Crippen LogP contribution >= 0.6 is 11.6 Å². The van der Waals surface area contributed by atoms with Gasteiger partial charge < -0.3 is 5.32 Å². The number of benzene rings is 2. The van der Waals surface area contributed by atoms with Crippen LogP contribution in [0.15, 0.2) is 59.8 Å². The van der Waals surface area contributed by atoms with E-state index in [1.54, 1.807) is 18.2 Å². The van der Waals surface area contributed by atoms with Crippen LogP contribution in [-0.4, -0.2) is 11.7 Å². The number of rotatable bonds is 2. The van der Waals surface area contributed by atoms with Gasteiger partial charge in [0.15, 0.2) is 5.78 Å². The second-order valence-corrected chi connectivity index (χ2v) is 7.27. The Kier molecular flexibility index (Phi) is 4.37. The molecule has 4 rings (SSSR count). The summed E-state index contributed by atoms with van der Waals surface area (Å²) in [5.41, 5.74) is 3.17. The number of hydrogen-bond donors (Lipinski definition) is 1. The second-order valence-electron chi connectivity index (χ2n) is 6.83. The zero-order valence-electron chi connectivity index (χ0n) is 14.0. The highest BCUT2D eigenvalue weighted by Crippen LogP contribution is 2.42. The third kappa shape index (κ3) is 3.17. The summed E-state index contributed by atoms with van der Waals surface area (Å²) in [6.07, 6.45) is 1.17. The first-order valence-corrected chi connectivity index (χ1v) is 8.96. The van der Waals surface area contributed by atoms with Crippen LogP contribution in [0, 0.1) is 5.82 Å². The lowest BCUT2D eigenvalue weighted by Gasteiger charge is -2.34. The van der Waals surface area contributed by atoms with Gasteiger partial charge in [-0.15, -0.1) is 0 Å².